The summed E-state index contributed by atoms with van der Waals surface area (Å²) in [6, 6.07) is 26.9. The van der Waals surface area contributed by atoms with Gasteiger partial charge in [0.05, 0.1) is 13.5 Å². The summed E-state index contributed by atoms with van der Waals surface area (Å²) in [5, 5.41) is 3.15. The van der Waals surface area contributed by atoms with E-state index < -0.39 is 0 Å². The lowest BCUT2D eigenvalue weighted by Gasteiger charge is -2.32. The molecule has 0 radical (unpaired) electrons. The molecule has 32 heavy (non-hydrogen) atoms. The van der Waals surface area contributed by atoms with Gasteiger partial charge in [0.25, 0.3) is 0 Å². The van der Waals surface area contributed by atoms with Crippen LogP contribution in [-0.4, -0.2) is 37.6 Å². The molecule has 1 saturated heterocycles. The van der Waals surface area contributed by atoms with Gasteiger partial charge in [-0.05, 0) is 66.2 Å². The minimum absolute atomic E-state index is 0.109. The number of likely N-dealkylation sites (tertiary alicyclic amines) is 1. The number of rotatable bonds is 8. The van der Waals surface area contributed by atoms with Gasteiger partial charge < -0.3 is 10.1 Å². The molecule has 0 spiro atoms. The van der Waals surface area contributed by atoms with Crippen molar-refractivity contribution in [3.05, 3.63) is 90.0 Å². The number of nitrogens with zero attached hydrogens (tertiary/aromatic N) is 1. The van der Waals surface area contributed by atoms with Crippen LogP contribution in [0.5, 0.6) is 5.75 Å². The quantitative estimate of drug-likeness (QED) is 0.553. The number of ether oxygens (including phenoxy) is 1. The predicted molar refractivity (Wildman–Crippen MR) is 130 cm³/mol. The molecule has 0 aliphatic carbocycles. The smallest absolute Gasteiger partial charge is 0.224 e. The number of piperidine rings is 1. The summed E-state index contributed by atoms with van der Waals surface area (Å²) < 4.78 is 5.23. The lowest BCUT2D eigenvalue weighted by Crippen LogP contribution is -2.38. The highest BCUT2D eigenvalue weighted by Crippen LogP contribution is 2.21. The standard InChI is InChI=1S/C28H32N2O2/c1-32-27-13-9-24(10-14-27)21-30-17-15-23(16-18-30)20-29-28(31)19-22-7-11-26(12-8-22)25-5-3-2-4-6-25/h2-14,23H,15-21H2,1H3,(H,29,31). The molecular weight excluding hydrogens is 396 g/mol. The van der Waals surface area contributed by atoms with Gasteiger partial charge in [0.15, 0.2) is 0 Å². The van der Waals surface area contributed by atoms with E-state index in [1.54, 1.807) is 7.11 Å². The van der Waals surface area contributed by atoms with Gasteiger partial charge >= 0.3 is 0 Å². The Bertz CT molecular complexity index is 976. The molecule has 1 aliphatic heterocycles. The van der Waals surface area contributed by atoms with E-state index in [1.807, 2.05) is 30.3 Å². The molecule has 3 aromatic rings. The highest BCUT2D eigenvalue weighted by atomic mass is 16.5. The van der Waals surface area contributed by atoms with Crippen LogP contribution in [-0.2, 0) is 17.8 Å². The van der Waals surface area contributed by atoms with E-state index >= 15 is 0 Å². The number of benzene rings is 3. The normalized spacial score (nSPS) is 14.8. The highest BCUT2D eigenvalue weighted by Gasteiger charge is 2.20. The predicted octanol–water partition coefficient (Wildman–Crippen LogP) is 4.93. The van der Waals surface area contributed by atoms with Crippen molar-refractivity contribution < 1.29 is 9.53 Å². The first-order valence-electron chi connectivity index (χ1n) is 11.5. The SMILES string of the molecule is COc1ccc(CN2CCC(CNC(=O)Cc3ccc(-c4ccccc4)cc3)CC2)cc1. The second-order valence-corrected chi connectivity index (χ2v) is 8.61. The van der Waals surface area contributed by atoms with Gasteiger partial charge in [0.2, 0.25) is 5.91 Å². The van der Waals surface area contributed by atoms with Gasteiger partial charge in [-0.25, -0.2) is 0 Å². The van der Waals surface area contributed by atoms with Crippen molar-refractivity contribution in [1.29, 1.82) is 0 Å². The Morgan fingerprint density at radius 3 is 2.16 bits per heavy atom. The van der Waals surface area contributed by atoms with Gasteiger partial charge in [-0.2, -0.15) is 0 Å². The molecule has 1 fully saturated rings. The van der Waals surface area contributed by atoms with Crippen LogP contribution in [0.15, 0.2) is 78.9 Å². The van der Waals surface area contributed by atoms with E-state index in [2.05, 4.69) is 58.7 Å². The largest absolute Gasteiger partial charge is 0.497 e. The molecule has 0 bridgehead atoms. The summed E-state index contributed by atoms with van der Waals surface area (Å²) in [5.41, 5.74) is 4.74. The second kappa shape index (κ2) is 11.0. The second-order valence-electron chi connectivity index (χ2n) is 8.61. The van der Waals surface area contributed by atoms with Crippen LogP contribution < -0.4 is 10.1 Å². The Labute approximate surface area is 191 Å². The Balaban J connectivity index is 1.17. The maximum Gasteiger partial charge on any atom is 0.224 e. The number of hydrogen-bond donors (Lipinski definition) is 1. The van der Waals surface area contributed by atoms with E-state index in [0.29, 0.717) is 12.3 Å². The first-order chi connectivity index (χ1) is 15.7. The Morgan fingerprint density at radius 2 is 1.50 bits per heavy atom. The molecule has 0 aromatic heterocycles. The summed E-state index contributed by atoms with van der Waals surface area (Å²) in [5.74, 6) is 1.57. The van der Waals surface area contributed by atoms with E-state index in [-0.39, 0.29) is 5.91 Å². The third-order valence-corrected chi connectivity index (χ3v) is 6.29. The molecule has 1 amide bonds. The fraction of sp³-hybridized carbons (Fsp3) is 0.321. The van der Waals surface area contributed by atoms with Gasteiger partial charge in [-0.15, -0.1) is 0 Å². The average Bonchev–Trinajstić information content (AvgIpc) is 2.85. The molecule has 3 aromatic carbocycles. The highest BCUT2D eigenvalue weighted by molar-refractivity contribution is 5.78. The van der Waals surface area contributed by atoms with Crippen LogP contribution in [0.2, 0.25) is 0 Å². The van der Waals surface area contributed by atoms with Crippen molar-refractivity contribution >= 4 is 5.91 Å². The third kappa shape index (κ3) is 6.21. The van der Waals surface area contributed by atoms with Crippen molar-refractivity contribution in [3.8, 4) is 16.9 Å². The minimum Gasteiger partial charge on any atom is -0.497 e. The van der Waals surface area contributed by atoms with Crippen LogP contribution in [0.25, 0.3) is 11.1 Å². The van der Waals surface area contributed by atoms with Crippen molar-refractivity contribution in [3.63, 3.8) is 0 Å². The van der Waals surface area contributed by atoms with Crippen molar-refractivity contribution in [2.45, 2.75) is 25.8 Å². The fourth-order valence-corrected chi connectivity index (χ4v) is 4.29. The maximum atomic E-state index is 12.4. The van der Waals surface area contributed by atoms with Gasteiger partial charge in [-0.3, -0.25) is 9.69 Å². The van der Waals surface area contributed by atoms with Crippen molar-refractivity contribution in [1.82, 2.24) is 10.2 Å². The first kappa shape index (κ1) is 22.1. The number of hydrogen-bond acceptors (Lipinski definition) is 3. The van der Waals surface area contributed by atoms with E-state index in [1.165, 1.54) is 16.7 Å². The Morgan fingerprint density at radius 1 is 0.875 bits per heavy atom. The molecule has 0 saturated carbocycles. The van der Waals surface area contributed by atoms with Gasteiger partial charge in [0.1, 0.15) is 5.75 Å². The number of amides is 1. The molecule has 4 heteroatoms. The zero-order valence-corrected chi connectivity index (χ0v) is 18.8. The molecule has 4 nitrogen and oxygen atoms in total. The van der Waals surface area contributed by atoms with Crippen LogP contribution in [0.1, 0.15) is 24.0 Å². The van der Waals surface area contributed by atoms with Crippen molar-refractivity contribution in [2.75, 3.05) is 26.7 Å². The molecule has 1 N–H and O–H groups in total. The van der Waals surface area contributed by atoms with Gasteiger partial charge in [0, 0.05) is 13.1 Å². The number of carbonyl (C=O) groups is 1. The van der Waals surface area contributed by atoms with Crippen LogP contribution >= 0.6 is 0 Å². The molecule has 166 valence electrons. The molecule has 1 heterocycles. The number of nitrogens with one attached hydrogen (secondary N) is 1. The average molecular weight is 429 g/mol. The zero-order valence-electron chi connectivity index (χ0n) is 18.8. The summed E-state index contributed by atoms with van der Waals surface area (Å²) in [6.07, 6.45) is 2.69. The fourth-order valence-electron chi connectivity index (χ4n) is 4.29. The van der Waals surface area contributed by atoms with E-state index in [0.717, 1.165) is 50.3 Å². The first-order valence-corrected chi connectivity index (χ1v) is 11.5. The summed E-state index contributed by atoms with van der Waals surface area (Å²) in [6.45, 7) is 3.90. The molecule has 0 atom stereocenters. The zero-order chi connectivity index (χ0) is 22.2. The molecule has 1 aliphatic rings. The van der Waals surface area contributed by atoms with Crippen LogP contribution in [0, 0.1) is 5.92 Å². The maximum absolute atomic E-state index is 12.4. The Kier molecular flexibility index (Phi) is 7.57. The van der Waals surface area contributed by atoms with E-state index in [4.69, 9.17) is 4.74 Å². The van der Waals surface area contributed by atoms with Crippen molar-refractivity contribution in [2.24, 2.45) is 5.92 Å². The number of carbonyl (C=O) groups excluding carboxylic acids is 1. The molecular formula is C28H32N2O2. The van der Waals surface area contributed by atoms with Crippen LogP contribution in [0.4, 0.5) is 0 Å². The van der Waals surface area contributed by atoms with E-state index in [9.17, 15) is 4.79 Å². The topological polar surface area (TPSA) is 41.6 Å². The molecule has 4 rings (SSSR count). The van der Waals surface area contributed by atoms with Gasteiger partial charge in [-0.1, -0.05) is 66.7 Å². The lowest BCUT2D eigenvalue weighted by molar-refractivity contribution is -0.120. The van der Waals surface area contributed by atoms with Crippen LogP contribution in [0.3, 0.4) is 0 Å². The Hall–Kier alpha value is -3.11. The molecule has 0 unspecified atom stereocenters. The third-order valence-electron chi connectivity index (χ3n) is 6.29. The lowest BCUT2D eigenvalue weighted by atomic mass is 9.96. The monoisotopic (exact) mass is 428 g/mol. The number of methoxy groups -OCH3 is 1. The summed E-state index contributed by atoms with van der Waals surface area (Å²) in [4.78, 5) is 14.9. The minimum atomic E-state index is 0.109. The summed E-state index contributed by atoms with van der Waals surface area (Å²) in [7, 11) is 1.69. The summed E-state index contributed by atoms with van der Waals surface area (Å²) >= 11 is 0.